The summed E-state index contributed by atoms with van der Waals surface area (Å²) in [5.74, 6) is -0.173. The largest absolute Gasteiger partial charge is 0.482 e. The minimum Gasteiger partial charge on any atom is -0.482 e. The van der Waals surface area contributed by atoms with Gasteiger partial charge < -0.3 is 14.2 Å². The number of benzene rings is 2. The highest BCUT2D eigenvalue weighted by Crippen LogP contribution is 2.22. The van der Waals surface area contributed by atoms with Crippen LogP contribution in [0, 0.1) is 10.5 Å². The highest BCUT2D eigenvalue weighted by Gasteiger charge is 2.24. The van der Waals surface area contributed by atoms with E-state index in [0.717, 1.165) is 14.7 Å². The number of hydrogen-bond acceptors (Lipinski definition) is 6. The first-order valence-corrected chi connectivity index (χ1v) is 9.71. The number of halogens is 1. The molecule has 0 N–H and O–H groups in total. The van der Waals surface area contributed by atoms with E-state index in [1.54, 1.807) is 37.3 Å². The number of rotatable bonds is 6. The SMILES string of the molecule is CCOC(=O)COc1cccc(/C=C2\N=C(c3ccc(I)c(C)c3)OC2=O)c1. The van der Waals surface area contributed by atoms with Gasteiger partial charge in [0.15, 0.2) is 12.3 Å². The van der Waals surface area contributed by atoms with E-state index in [0.29, 0.717) is 17.9 Å². The molecular formula is C21H18INO5. The van der Waals surface area contributed by atoms with Crippen LogP contribution in [-0.2, 0) is 19.1 Å². The fourth-order valence-electron chi connectivity index (χ4n) is 2.51. The van der Waals surface area contributed by atoms with Gasteiger partial charge in [-0.15, -0.1) is 0 Å². The average Bonchev–Trinajstić information content (AvgIpc) is 3.03. The van der Waals surface area contributed by atoms with Crippen LogP contribution in [0.2, 0.25) is 0 Å². The fraction of sp³-hybridized carbons (Fsp3) is 0.190. The third kappa shape index (κ3) is 4.98. The maximum atomic E-state index is 12.2. The molecule has 6 nitrogen and oxygen atoms in total. The van der Waals surface area contributed by atoms with E-state index in [4.69, 9.17) is 14.2 Å². The van der Waals surface area contributed by atoms with Crippen molar-refractivity contribution < 1.29 is 23.8 Å². The molecule has 28 heavy (non-hydrogen) atoms. The molecule has 2 aromatic rings. The Balaban J connectivity index is 1.78. The van der Waals surface area contributed by atoms with Gasteiger partial charge in [0.1, 0.15) is 5.75 Å². The molecule has 144 valence electrons. The second-order valence-corrected chi connectivity index (χ2v) is 7.13. The van der Waals surface area contributed by atoms with Crippen molar-refractivity contribution in [3.05, 3.63) is 68.4 Å². The standard InChI is InChI=1S/C21H18INO5/c1-3-26-19(24)12-27-16-6-4-5-14(10-16)11-18-21(25)28-20(23-18)15-7-8-17(22)13(2)9-15/h4-11H,3,12H2,1-2H3/b18-11-. The predicted molar refractivity (Wildman–Crippen MR) is 113 cm³/mol. The van der Waals surface area contributed by atoms with Gasteiger partial charge in [0.05, 0.1) is 6.61 Å². The molecule has 0 unspecified atom stereocenters. The van der Waals surface area contributed by atoms with Gasteiger partial charge in [-0.25, -0.2) is 14.6 Å². The molecule has 2 aromatic carbocycles. The van der Waals surface area contributed by atoms with Gasteiger partial charge in [-0.1, -0.05) is 12.1 Å². The molecule has 0 atom stereocenters. The van der Waals surface area contributed by atoms with Crippen LogP contribution in [0.4, 0.5) is 0 Å². The maximum absolute atomic E-state index is 12.2. The average molecular weight is 491 g/mol. The van der Waals surface area contributed by atoms with E-state index in [-0.39, 0.29) is 18.2 Å². The van der Waals surface area contributed by atoms with Gasteiger partial charge in [0.2, 0.25) is 5.90 Å². The Morgan fingerprint density at radius 2 is 2.07 bits per heavy atom. The topological polar surface area (TPSA) is 74.2 Å². The number of aliphatic imine (C=N–C) groups is 1. The van der Waals surface area contributed by atoms with E-state index in [9.17, 15) is 9.59 Å². The van der Waals surface area contributed by atoms with Crippen LogP contribution in [-0.4, -0.2) is 31.1 Å². The van der Waals surface area contributed by atoms with Gasteiger partial charge in [-0.2, -0.15) is 0 Å². The Bertz CT molecular complexity index is 981. The van der Waals surface area contributed by atoms with E-state index < -0.39 is 11.9 Å². The lowest BCUT2D eigenvalue weighted by Crippen LogP contribution is -2.14. The molecule has 1 aliphatic rings. The van der Waals surface area contributed by atoms with Crippen molar-refractivity contribution in [3.8, 4) is 5.75 Å². The number of esters is 2. The minimum atomic E-state index is -0.510. The molecule has 0 aliphatic carbocycles. The lowest BCUT2D eigenvalue weighted by molar-refractivity contribution is -0.145. The van der Waals surface area contributed by atoms with Crippen molar-refractivity contribution in [2.24, 2.45) is 4.99 Å². The number of aryl methyl sites for hydroxylation is 1. The summed E-state index contributed by atoms with van der Waals surface area (Å²) in [5, 5.41) is 0. The zero-order valence-electron chi connectivity index (χ0n) is 15.4. The van der Waals surface area contributed by atoms with Crippen LogP contribution >= 0.6 is 22.6 Å². The molecular weight excluding hydrogens is 473 g/mol. The van der Waals surface area contributed by atoms with Crippen molar-refractivity contribution in [1.82, 2.24) is 0 Å². The monoisotopic (exact) mass is 491 g/mol. The van der Waals surface area contributed by atoms with Gasteiger partial charge in [-0.3, -0.25) is 0 Å². The molecule has 7 heteroatoms. The first kappa shape index (κ1) is 20.1. The van der Waals surface area contributed by atoms with Gasteiger partial charge in [0, 0.05) is 9.13 Å². The molecule has 3 rings (SSSR count). The number of ether oxygens (including phenoxy) is 3. The second kappa shape index (κ2) is 9.01. The summed E-state index contributed by atoms with van der Waals surface area (Å²) < 4.78 is 16.7. The van der Waals surface area contributed by atoms with E-state index >= 15 is 0 Å². The van der Waals surface area contributed by atoms with Crippen LogP contribution < -0.4 is 4.74 Å². The Kier molecular flexibility index (Phi) is 6.45. The molecule has 1 aliphatic heterocycles. The van der Waals surface area contributed by atoms with Gasteiger partial charge in [0.25, 0.3) is 0 Å². The highest BCUT2D eigenvalue weighted by atomic mass is 127. The molecule has 0 fully saturated rings. The first-order chi connectivity index (χ1) is 13.5. The normalized spacial score (nSPS) is 14.6. The van der Waals surface area contributed by atoms with Crippen LogP contribution in [0.15, 0.2) is 53.2 Å². The maximum Gasteiger partial charge on any atom is 0.363 e. The Hall–Kier alpha value is -2.68. The second-order valence-electron chi connectivity index (χ2n) is 5.97. The van der Waals surface area contributed by atoms with Crippen molar-refractivity contribution in [2.75, 3.05) is 13.2 Å². The van der Waals surface area contributed by atoms with Gasteiger partial charge in [-0.05, 0) is 84.0 Å². The van der Waals surface area contributed by atoms with E-state index in [1.807, 2.05) is 25.1 Å². The molecule has 0 spiro atoms. The Labute approximate surface area is 176 Å². The van der Waals surface area contributed by atoms with Crippen molar-refractivity contribution >= 4 is 46.5 Å². The lowest BCUT2D eigenvalue weighted by atomic mass is 10.1. The lowest BCUT2D eigenvalue weighted by Gasteiger charge is -2.06. The summed E-state index contributed by atoms with van der Waals surface area (Å²) in [6, 6.07) is 12.8. The predicted octanol–water partition coefficient (Wildman–Crippen LogP) is 3.89. The summed E-state index contributed by atoms with van der Waals surface area (Å²) in [6.45, 7) is 3.85. The van der Waals surface area contributed by atoms with Crippen LogP contribution in [0.1, 0.15) is 23.6 Å². The summed E-state index contributed by atoms with van der Waals surface area (Å²) >= 11 is 2.25. The smallest absolute Gasteiger partial charge is 0.363 e. The molecule has 0 radical (unpaired) electrons. The molecule has 0 aromatic heterocycles. The number of cyclic esters (lactones) is 1. The number of nitrogens with zero attached hydrogens (tertiary/aromatic N) is 1. The fourth-order valence-corrected chi connectivity index (χ4v) is 2.84. The minimum absolute atomic E-state index is 0.176. The molecule has 0 saturated carbocycles. The zero-order valence-corrected chi connectivity index (χ0v) is 17.6. The first-order valence-electron chi connectivity index (χ1n) is 8.64. The van der Waals surface area contributed by atoms with Crippen LogP contribution in [0.25, 0.3) is 6.08 Å². The van der Waals surface area contributed by atoms with Crippen molar-refractivity contribution in [1.29, 1.82) is 0 Å². The number of hydrogen-bond donors (Lipinski definition) is 0. The number of carbonyl (C=O) groups is 2. The van der Waals surface area contributed by atoms with Crippen LogP contribution in [0.5, 0.6) is 5.75 Å². The molecule has 0 bridgehead atoms. The third-order valence-corrected chi connectivity index (χ3v) is 5.06. The molecule has 0 saturated heterocycles. The Morgan fingerprint density at radius 3 is 2.82 bits per heavy atom. The number of carbonyl (C=O) groups excluding carboxylic acids is 2. The third-order valence-electron chi connectivity index (χ3n) is 3.85. The zero-order chi connectivity index (χ0) is 20.1. The highest BCUT2D eigenvalue weighted by molar-refractivity contribution is 14.1. The van der Waals surface area contributed by atoms with Crippen molar-refractivity contribution in [2.45, 2.75) is 13.8 Å². The van der Waals surface area contributed by atoms with E-state index in [1.165, 1.54) is 0 Å². The Morgan fingerprint density at radius 1 is 1.25 bits per heavy atom. The summed E-state index contributed by atoms with van der Waals surface area (Å²) in [7, 11) is 0. The quantitative estimate of drug-likeness (QED) is 0.349. The molecule has 1 heterocycles. The summed E-state index contributed by atoms with van der Waals surface area (Å²) in [5.41, 5.74) is 2.74. The molecule has 0 amide bonds. The summed E-state index contributed by atoms with van der Waals surface area (Å²) in [6.07, 6.45) is 1.62. The summed E-state index contributed by atoms with van der Waals surface area (Å²) in [4.78, 5) is 27.9. The van der Waals surface area contributed by atoms with Crippen molar-refractivity contribution in [3.63, 3.8) is 0 Å². The van der Waals surface area contributed by atoms with E-state index in [2.05, 4.69) is 27.6 Å². The van der Waals surface area contributed by atoms with Gasteiger partial charge >= 0.3 is 11.9 Å². The van der Waals surface area contributed by atoms with Crippen LogP contribution in [0.3, 0.4) is 0 Å².